The molecule has 8 rings (SSSR count). The summed E-state index contributed by atoms with van der Waals surface area (Å²) in [4.78, 5) is 13.8. The Morgan fingerprint density at radius 1 is 0.635 bits per heavy atom. The highest BCUT2D eigenvalue weighted by molar-refractivity contribution is 8.13. The molecule has 0 aliphatic carbocycles. The molecule has 0 atom stereocenters. The summed E-state index contributed by atoms with van der Waals surface area (Å²) in [6.45, 7) is 9.28. The van der Waals surface area contributed by atoms with E-state index in [9.17, 15) is 25.6 Å². The summed E-state index contributed by atoms with van der Waals surface area (Å²) in [6, 6.07) is 22.5. The summed E-state index contributed by atoms with van der Waals surface area (Å²) in [5.74, 6) is 2.32. The Morgan fingerprint density at radius 2 is 1.06 bits per heavy atom. The van der Waals surface area contributed by atoms with Gasteiger partial charge in [-0.05, 0) is 96.8 Å². The summed E-state index contributed by atoms with van der Waals surface area (Å²) >= 11 is 2.75. The zero-order valence-electron chi connectivity index (χ0n) is 35.0. The highest BCUT2D eigenvalue weighted by Crippen LogP contribution is 2.26. The molecule has 1 N–H and O–H groups in total. The minimum absolute atomic E-state index is 0.0740. The highest BCUT2D eigenvalue weighted by Gasteiger charge is 2.30. The van der Waals surface area contributed by atoms with Crippen LogP contribution in [0.15, 0.2) is 94.7 Å². The second-order valence-corrected chi connectivity index (χ2v) is 20.4. The number of benzene rings is 4. The van der Waals surface area contributed by atoms with Gasteiger partial charge in [0, 0.05) is 98.9 Å². The summed E-state index contributed by atoms with van der Waals surface area (Å²) < 4.78 is 94.3. The number of halogens is 3. The van der Waals surface area contributed by atoms with Crippen molar-refractivity contribution in [3.05, 3.63) is 130 Å². The molecule has 6 aromatic rings. The molecule has 0 bridgehead atoms. The largest absolute Gasteiger partial charge is 0.497 e. The molecule has 4 aromatic carbocycles. The Labute approximate surface area is 379 Å². The number of methoxy groups -OCH3 is 2. The van der Waals surface area contributed by atoms with Gasteiger partial charge in [-0.3, -0.25) is 0 Å². The van der Waals surface area contributed by atoms with Crippen molar-refractivity contribution in [1.29, 1.82) is 0 Å². The van der Waals surface area contributed by atoms with Gasteiger partial charge >= 0.3 is 0 Å². The number of aromatic nitrogens is 4. The summed E-state index contributed by atoms with van der Waals surface area (Å²) in [6.07, 6.45) is 1.19. The molecule has 4 heterocycles. The molecule has 63 heavy (non-hydrogen) atoms. The standard InChI is InChI=1S/C21H23FN4O3S2.C14H17FN4S.C7H7ClO3S/c1-15-13-16(3-8-19(15)22)14-20-23-21(30-24-20)25-9-11-26(12-10-25)31(27,28)18-6-4-17(29-2)5-7-18;1-10-8-11(2-3-12(10)15)9-13-17-14(20-18-13)19-6-4-16-5-7-19;1-11-6-2-4-7(5-3-6)12(8,9)10/h3-8,13H,9-12,14H2,1-2H3;2-3,8,16H,4-7,9H2,1H3;2-5H,1H3. The lowest BCUT2D eigenvalue weighted by Gasteiger charge is -2.33. The van der Waals surface area contributed by atoms with Crippen molar-refractivity contribution < 1.29 is 35.1 Å². The molecular weight excluding hydrogens is 914 g/mol. The van der Waals surface area contributed by atoms with Crippen molar-refractivity contribution in [2.45, 2.75) is 36.5 Å². The number of rotatable bonds is 11. The van der Waals surface area contributed by atoms with Crippen molar-refractivity contribution in [3.8, 4) is 11.5 Å². The molecule has 0 radical (unpaired) electrons. The van der Waals surface area contributed by atoms with Crippen molar-refractivity contribution in [3.63, 3.8) is 0 Å². The van der Waals surface area contributed by atoms with E-state index in [0.717, 1.165) is 53.4 Å². The van der Waals surface area contributed by atoms with Gasteiger partial charge in [0.2, 0.25) is 20.3 Å². The van der Waals surface area contributed by atoms with Crippen LogP contribution in [0, 0.1) is 25.5 Å². The van der Waals surface area contributed by atoms with Gasteiger partial charge in [-0.25, -0.2) is 35.6 Å². The summed E-state index contributed by atoms with van der Waals surface area (Å²) in [5.41, 5.74) is 3.27. The van der Waals surface area contributed by atoms with E-state index in [1.807, 2.05) is 6.07 Å². The molecule has 2 saturated heterocycles. The highest BCUT2D eigenvalue weighted by atomic mass is 35.7. The lowest BCUT2D eigenvalue weighted by Crippen LogP contribution is -2.48. The molecule has 2 aliphatic rings. The van der Waals surface area contributed by atoms with Crippen LogP contribution in [0.4, 0.5) is 19.0 Å². The van der Waals surface area contributed by atoms with Gasteiger partial charge in [-0.15, -0.1) is 0 Å². The number of piperazine rings is 2. The average Bonchev–Trinajstić information content (AvgIpc) is 3.97. The Kier molecular flexibility index (Phi) is 16.4. The first-order chi connectivity index (χ1) is 30.1. The Morgan fingerprint density at radius 3 is 1.48 bits per heavy atom. The van der Waals surface area contributed by atoms with E-state index < -0.39 is 19.1 Å². The van der Waals surface area contributed by atoms with Crippen molar-refractivity contribution >= 4 is 63.1 Å². The fourth-order valence-electron chi connectivity index (χ4n) is 6.50. The number of aryl methyl sites for hydroxylation is 2. The van der Waals surface area contributed by atoms with Gasteiger partial charge in [-0.1, -0.05) is 24.3 Å². The number of nitrogens with zero attached hydrogens (tertiary/aromatic N) is 7. The van der Waals surface area contributed by atoms with Gasteiger partial charge in [0.05, 0.1) is 24.0 Å². The van der Waals surface area contributed by atoms with Crippen LogP contribution in [0.3, 0.4) is 0 Å². The third-order valence-corrected chi connectivity index (χ3v) is 14.9. The van der Waals surface area contributed by atoms with E-state index in [0.29, 0.717) is 67.5 Å². The average molecular weight is 962 g/mol. The monoisotopic (exact) mass is 960 g/mol. The Bertz CT molecular complexity index is 2660. The number of sulfonamides is 1. The quantitative estimate of drug-likeness (QED) is 0.137. The maximum absolute atomic E-state index is 13.5. The van der Waals surface area contributed by atoms with Gasteiger partial charge < -0.3 is 24.6 Å². The van der Waals surface area contributed by atoms with Crippen molar-refractivity contribution in [1.82, 2.24) is 28.3 Å². The van der Waals surface area contributed by atoms with E-state index >= 15 is 0 Å². The van der Waals surface area contributed by atoms with Crippen LogP contribution in [0.5, 0.6) is 11.5 Å². The number of anilines is 2. The smallest absolute Gasteiger partial charge is 0.261 e. The molecule has 2 aliphatic heterocycles. The second kappa shape index (κ2) is 21.7. The Hall–Kier alpha value is -4.83. The predicted molar refractivity (Wildman–Crippen MR) is 243 cm³/mol. The number of hydrogen-bond acceptors (Lipinski definition) is 15. The fraction of sp³-hybridized carbons (Fsp3) is 0.333. The molecule has 2 fully saturated rings. The van der Waals surface area contributed by atoms with Gasteiger partial charge in [0.1, 0.15) is 34.8 Å². The lowest BCUT2D eigenvalue weighted by atomic mass is 10.1. The lowest BCUT2D eigenvalue weighted by molar-refractivity contribution is 0.384. The van der Waals surface area contributed by atoms with E-state index in [1.54, 1.807) is 63.4 Å². The third-order valence-electron chi connectivity index (χ3n) is 10.0. The first kappa shape index (κ1) is 47.6. The van der Waals surface area contributed by atoms with Crippen LogP contribution in [-0.2, 0) is 31.9 Å². The van der Waals surface area contributed by atoms with Crippen LogP contribution in [0.1, 0.15) is 33.9 Å². The van der Waals surface area contributed by atoms with E-state index in [2.05, 4.69) is 33.8 Å². The molecule has 2 aromatic heterocycles. The van der Waals surface area contributed by atoms with Crippen LogP contribution in [-0.4, -0.2) is 106 Å². The summed E-state index contributed by atoms with van der Waals surface area (Å²) in [7, 11) is 0.975. The zero-order chi connectivity index (χ0) is 45.1. The minimum atomic E-state index is -3.61. The molecule has 336 valence electrons. The normalized spacial score (nSPS) is 14.6. The van der Waals surface area contributed by atoms with Gasteiger partial charge in [-0.2, -0.15) is 13.1 Å². The molecule has 0 spiro atoms. The molecule has 0 saturated carbocycles. The number of hydrogen-bond donors (Lipinski definition) is 1. The molecule has 21 heteroatoms. The minimum Gasteiger partial charge on any atom is -0.497 e. The zero-order valence-corrected chi connectivity index (χ0v) is 39.0. The number of ether oxygens (including phenoxy) is 2. The SMILES string of the molecule is COc1ccc(S(=O)(=O)Cl)cc1.COc1ccc(S(=O)(=O)N2CCN(c3nc(Cc4ccc(F)c(C)c4)ns3)CC2)cc1.Cc1cc(Cc2nsc(N3CCNCC3)n2)ccc1F. The van der Waals surface area contributed by atoms with Crippen LogP contribution >= 0.6 is 33.7 Å². The van der Waals surface area contributed by atoms with Crippen molar-refractivity contribution in [2.75, 3.05) is 76.4 Å². The van der Waals surface area contributed by atoms with Crippen LogP contribution < -0.4 is 24.6 Å². The number of nitrogens with one attached hydrogen (secondary N) is 1. The fourth-order valence-corrected chi connectivity index (χ4v) is 10.2. The third kappa shape index (κ3) is 13.1. The van der Waals surface area contributed by atoms with E-state index in [-0.39, 0.29) is 21.4 Å². The predicted octanol–water partition coefficient (Wildman–Crippen LogP) is 6.70. The molecule has 14 nitrogen and oxygen atoms in total. The van der Waals surface area contributed by atoms with Gasteiger partial charge in [0.25, 0.3) is 9.05 Å². The maximum Gasteiger partial charge on any atom is 0.261 e. The molecule has 0 unspecified atom stereocenters. The summed E-state index contributed by atoms with van der Waals surface area (Å²) in [5, 5.41) is 5.08. The first-order valence-corrected chi connectivity index (χ1v) is 25.0. The molecule has 0 amide bonds. The van der Waals surface area contributed by atoms with Crippen LogP contribution in [0.25, 0.3) is 0 Å². The van der Waals surface area contributed by atoms with E-state index in [4.69, 9.17) is 20.2 Å². The van der Waals surface area contributed by atoms with E-state index in [1.165, 1.54) is 70.9 Å². The van der Waals surface area contributed by atoms with Crippen LogP contribution in [0.2, 0.25) is 0 Å². The Balaban J connectivity index is 0.000000176. The maximum atomic E-state index is 13.5. The second-order valence-electron chi connectivity index (χ2n) is 14.4. The molecular formula is C42H47ClF2N8O6S4. The van der Waals surface area contributed by atoms with Crippen molar-refractivity contribution in [2.24, 2.45) is 0 Å². The topological polar surface area (TPSA) is 160 Å². The van der Waals surface area contributed by atoms with Gasteiger partial charge in [0.15, 0.2) is 0 Å². The first-order valence-electron chi connectivity index (χ1n) is 19.7.